The van der Waals surface area contributed by atoms with Crippen LogP contribution in [-0.2, 0) is 4.74 Å². The van der Waals surface area contributed by atoms with Gasteiger partial charge in [0, 0.05) is 31.9 Å². The lowest BCUT2D eigenvalue weighted by Crippen LogP contribution is -2.47. The number of methoxy groups -OCH3 is 1. The van der Waals surface area contributed by atoms with Crippen LogP contribution in [0.5, 0.6) is 5.88 Å². The van der Waals surface area contributed by atoms with E-state index in [1.165, 1.54) is 0 Å². The summed E-state index contributed by atoms with van der Waals surface area (Å²) in [4.78, 5) is 12.9. The molecule has 0 radical (unpaired) electrons. The minimum absolute atomic E-state index is 0.198. The fraction of sp³-hybridized carbons (Fsp3) is 0.667. The van der Waals surface area contributed by atoms with Crippen LogP contribution in [0.1, 0.15) is 0 Å². The van der Waals surface area contributed by atoms with Gasteiger partial charge in [0.15, 0.2) is 0 Å². The summed E-state index contributed by atoms with van der Waals surface area (Å²) >= 11 is 0. The van der Waals surface area contributed by atoms with E-state index in [2.05, 4.69) is 19.8 Å². The number of rotatable bonds is 4. The van der Waals surface area contributed by atoms with E-state index in [1.54, 1.807) is 19.4 Å². The van der Waals surface area contributed by atoms with Crippen molar-refractivity contribution >= 4 is 5.95 Å². The van der Waals surface area contributed by atoms with Gasteiger partial charge in [-0.2, -0.15) is 4.98 Å². The van der Waals surface area contributed by atoms with Crippen molar-refractivity contribution < 1.29 is 9.47 Å². The minimum atomic E-state index is 0.198. The fourth-order valence-electron chi connectivity index (χ4n) is 2.02. The summed E-state index contributed by atoms with van der Waals surface area (Å²) in [6, 6.07) is 1.75. The van der Waals surface area contributed by atoms with Crippen molar-refractivity contribution in [1.82, 2.24) is 14.9 Å². The van der Waals surface area contributed by atoms with Crippen LogP contribution in [0.2, 0.25) is 0 Å². The van der Waals surface area contributed by atoms with Crippen LogP contribution in [0.3, 0.4) is 0 Å². The Morgan fingerprint density at radius 3 is 3.11 bits per heavy atom. The molecule has 6 nitrogen and oxygen atoms in total. The molecular formula is C12H20N4O2. The van der Waals surface area contributed by atoms with E-state index in [0.29, 0.717) is 18.4 Å². The monoisotopic (exact) mass is 252 g/mol. The van der Waals surface area contributed by atoms with Crippen molar-refractivity contribution in [2.24, 2.45) is 0 Å². The second-order valence-corrected chi connectivity index (χ2v) is 4.60. The number of likely N-dealkylation sites (N-methyl/N-ethyl adjacent to an activating group) is 1. The molecule has 0 saturated carbocycles. The molecule has 2 rings (SSSR count). The molecule has 0 unspecified atom stereocenters. The molecule has 6 heteroatoms. The summed E-state index contributed by atoms with van der Waals surface area (Å²) in [5.41, 5.74) is 0. The topological polar surface area (TPSA) is 50.7 Å². The van der Waals surface area contributed by atoms with E-state index >= 15 is 0 Å². The Hall–Kier alpha value is -1.40. The third kappa shape index (κ3) is 3.30. The number of nitrogens with zero attached hydrogens (tertiary/aromatic N) is 4. The average Bonchev–Trinajstić information content (AvgIpc) is 2.38. The van der Waals surface area contributed by atoms with Crippen LogP contribution in [0.25, 0.3) is 0 Å². The first-order valence-corrected chi connectivity index (χ1v) is 6.07. The Labute approximate surface area is 108 Å². The molecule has 1 aliphatic heterocycles. The molecule has 0 aliphatic carbocycles. The third-order valence-corrected chi connectivity index (χ3v) is 2.82. The maximum Gasteiger partial charge on any atom is 0.228 e. The van der Waals surface area contributed by atoms with E-state index < -0.39 is 0 Å². The molecular weight excluding hydrogens is 232 g/mol. The van der Waals surface area contributed by atoms with Gasteiger partial charge < -0.3 is 19.3 Å². The average molecular weight is 252 g/mol. The van der Waals surface area contributed by atoms with Crippen molar-refractivity contribution in [3.63, 3.8) is 0 Å². The maximum absolute atomic E-state index is 5.73. The molecule has 1 atom stereocenters. The molecule has 1 fully saturated rings. The number of aromatic nitrogens is 2. The van der Waals surface area contributed by atoms with Gasteiger partial charge in [-0.1, -0.05) is 0 Å². The second kappa shape index (κ2) is 5.97. The van der Waals surface area contributed by atoms with Gasteiger partial charge in [0.05, 0.1) is 19.8 Å². The van der Waals surface area contributed by atoms with Crippen LogP contribution < -0.4 is 9.64 Å². The summed E-state index contributed by atoms with van der Waals surface area (Å²) < 4.78 is 10.8. The van der Waals surface area contributed by atoms with Crippen LogP contribution >= 0.6 is 0 Å². The molecule has 0 N–H and O–H groups in total. The number of morpholine rings is 1. The smallest absolute Gasteiger partial charge is 0.228 e. The second-order valence-electron chi connectivity index (χ2n) is 4.60. The number of hydrogen-bond donors (Lipinski definition) is 0. The van der Waals surface area contributed by atoms with Crippen molar-refractivity contribution in [2.45, 2.75) is 6.10 Å². The van der Waals surface area contributed by atoms with E-state index in [1.807, 2.05) is 14.1 Å². The SMILES string of the molecule is COc1ccnc(N2CCO[C@H](CN(C)C)C2)n1. The fourth-order valence-corrected chi connectivity index (χ4v) is 2.02. The lowest BCUT2D eigenvalue weighted by atomic mass is 10.2. The number of ether oxygens (including phenoxy) is 2. The van der Waals surface area contributed by atoms with E-state index in [-0.39, 0.29) is 6.10 Å². The molecule has 0 spiro atoms. The van der Waals surface area contributed by atoms with Gasteiger partial charge in [-0.25, -0.2) is 4.98 Å². The van der Waals surface area contributed by atoms with Crippen molar-refractivity contribution in [3.05, 3.63) is 12.3 Å². The summed E-state index contributed by atoms with van der Waals surface area (Å²) in [6.07, 6.45) is 1.92. The van der Waals surface area contributed by atoms with Crippen molar-refractivity contribution in [2.75, 3.05) is 52.3 Å². The predicted molar refractivity (Wildman–Crippen MR) is 69.1 cm³/mol. The molecule has 0 aromatic carbocycles. The highest BCUT2D eigenvalue weighted by atomic mass is 16.5. The Morgan fingerprint density at radius 2 is 2.39 bits per heavy atom. The van der Waals surface area contributed by atoms with Gasteiger partial charge in [0.25, 0.3) is 0 Å². The standard InChI is InChI=1S/C12H20N4O2/c1-15(2)8-10-9-16(6-7-18-10)12-13-5-4-11(14-12)17-3/h4-5,10H,6-9H2,1-3H3/t10-/m1/s1. The van der Waals surface area contributed by atoms with Gasteiger partial charge in [-0.15, -0.1) is 0 Å². The van der Waals surface area contributed by atoms with Gasteiger partial charge in [0.1, 0.15) is 0 Å². The van der Waals surface area contributed by atoms with Crippen LogP contribution in [-0.4, -0.2) is 68.4 Å². The minimum Gasteiger partial charge on any atom is -0.481 e. The van der Waals surface area contributed by atoms with E-state index in [0.717, 1.165) is 19.6 Å². The van der Waals surface area contributed by atoms with Crippen LogP contribution in [0.15, 0.2) is 12.3 Å². The molecule has 0 amide bonds. The maximum atomic E-state index is 5.73. The molecule has 2 heterocycles. The molecule has 18 heavy (non-hydrogen) atoms. The highest BCUT2D eigenvalue weighted by Crippen LogP contribution is 2.15. The molecule has 1 aliphatic rings. The summed E-state index contributed by atoms with van der Waals surface area (Å²) in [7, 11) is 5.70. The molecule has 100 valence electrons. The zero-order valence-electron chi connectivity index (χ0n) is 11.2. The highest BCUT2D eigenvalue weighted by Gasteiger charge is 2.22. The summed E-state index contributed by atoms with van der Waals surface area (Å²) in [5.74, 6) is 1.30. The lowest BCUT2D eigenvalue weighted by Gasteiger charge is -2.34. The van der Waals surface area contributed by atoms with Gasteiger partial charge in [-0.05, 0) is 14.1 Å². The first-order chi connectivity index (χ1) is 8.69. The Bertz CT molecular complexity index is 386. The number of anilines is 1. The quantitative estimate of drug-likeness (QED) is 0.766. The zero-order chi connectivity index (χ0) is 13.0. The molecule has 1 aromatic rings. The largest absolute Gasteiger partial charge is 0.481 e. The van der Waals surface area contributed by atoms with Crippen molar-refractivity contribution in [3.8, 4) is 5.88 Å². The predicted octanol–water partition coefficient (Wildman–Crippen LogP) is 0.252. The molecule has 1 saturated heterocycles. The van der Waals surface area contributed by atoms with E-state index in [9.17, 15) is 0 Å². The Kier molecular flexibility index (Phi) is 4.33. The summed E-state index contributed by atoms with van der Waals surface area (Å²) in [6.45, 7) is 3.24. The normalized spacial score (nSPS) is 20.2. The Balaban J connectivity index is 2.03. The first-order valence-electron chi connectivity index (χ1n) is 6.07. The van der Waals surface area contributed by atoms with Crippen molar-refractivity contribution in [1.29, 1.82) is 0 Å². The molecule has 0 bridgehead atoms. The van der Waals surface area contributed by atoms with Crippen LogP contribution in [0, 0.1) is 0 Å². The number of hydrogen-bond acceptors (Lipinski definition) is 6. The zero-order valence-corrected chi connectivity index (χ0v) is 11.2. The van der Waals surface area contributed by atoms with Crippen LogP contribution in [0.4, 0.5) is 5.95 Å². The molecule has 1 aromatic heterocycles. The van der Waals surface area contributed by atoms with Gasteiger partial charge in [0.2, 0.25) is 11.8 Å². The lowest BCUT2D eigenvalue weighted by molar-refractivity contribution is 0.0242. The summed E-state index contributed by atoms with van der Waals surface area (Å²) in [5, 5.41) is 0. The highest BCUT2D eigenvalue weighted by molar-refractivity contribution is 5.32. The van der Waals surface area contributed by atoms with E-state index in [4.69, 9.17) is 9.47 Å². The third-order valence-electron chi connectivity index (χ3n) is 2.82. The first kappa shape index (κ1) is 13.0. The van der Waals surface area contributed by atoms with Gasteiger partial charge in [-0.3, -0.25) is 0 Å². The Morgan fingerprint density at radius 1 is 1.56 bits per heavy atom. The van der Waals surface area contributed by atoms with Gasteiger partial charge >= 0.3 is 0 Å².